The van der Waals surface area contributed by atoms with Crippen molar-refractivity contribution in [1.82, 2.24) is 15.5 Å². The Labute approximate surface area is 132 Å². The second-order valence-electron chi connectivity index (χ2n) is 4.98. The van der Waals surface area contributed by atoms with Gasteiger partial charge in [-0.15, -0.1) is 11.3 Å². The van der Waals surface area contributed by atoms with E-state index in [1.54, 1.807) is 11.3 Å². The molecule has 1 aromatic carbocycles. The SMILES string of the molecule is O=c1[nH]nc(NCCCNCc2cccs2)c2ccccc12. The van der Waals surface area contributed by atoms with Crippen molar-refractivity contribution in [2.45, 2.75) is 13.0 Å². The molecule has 2 aromatic heterocycles. The highest BCUT2D eigenvalue weighted by atomic mass is 32.1. The maximum Gasteiger partial charge on any atom is 0.272 e. The minimum absolute atomic E-state index is 0.154. The van der Waals surface area contributed by atoms with Crippen molar-refractivity contribution in [3.05, 3.63) is 57.0 Å². The molecule has 0 aliphatic heterocycles. The van der Waals surface area contributed by atoms with E-state index in [1.165, 1.54) is 4.88 Å². The van der Waals surface area contributed by atoms with E-state index < -0.39 is 0 Å². The minimum atomic E-state index is -0.154. The number of benzene rings is 1. The van der Waals surface area contributed by atoms with Crippen LogP contribution in [0.2, 0.25) is 0 Å². The van der Waals surface area contributed by atoms with Gasteiger partial charge in [-0.3, -0.25) is 4.79 Å². The molecule has 0 saturated carbocycles. The Hall–Kier alpha value is -2.18. The van der Waals surface area contributed by atoms with Crippen LogP contribution in [0.4, 0.5) is 5.82 Å². The average Bonchev–Trinajstić information content (AvgIpc) is 3.06. The summed E-state index contributed by atoms with van der Waals surface area (Å²) in [5.74, 6) is 0.730. The number of aromatic amines is 1. The first-order valence-corrected chi connectivity index (χ1v) is 8.17. The summed E-state index contributed by atoms with van der Waals surface area (Å²) < 4.78 is 0. The van der Waals surface area contributed by atoms with E-state index >= 15 is 0 Å². The van der Waals surface area contributed by atoms with E-state index in [0.29, 0.717) is 5.39 Å². The molecule has 114 valence electrons. The molecule has 0 atom stereocenters. The number of nitrogens with one attached hydrogen (secondary N) is 3. The summed E-state index contributed by atoms with van der Waals surface area (Å²) >= 11 is 1.76. The zero-order valence-electron chi connectivity index (χ0n) is 12.1. The molecule has 0 unspecified atom stereocenters. The van der Waals surface area contributed by atoms with Gasteiger partial charge in [0.15, 0.2) is 5.82 Å². The lowest BCUT2D eigenvalue weighted by atomic mass is 10.2. The lowest BCUT2D eigenvalue weighted by Gasteiger charge is -2.08. The lowest BCUT2D eigenvalue weighted by Crippen LogP contribution is -2.18. The molecule has 0 radical (unpaired) electrons. The van der Waals surface area contributed by atoms with Crippen molar-refractivity contribution in [1.29, 1.82) is 0 Å². The predicted octanol–water partition coefficient (Wildman–Crippen LogP) is 2.58. The van der Waals surface area contributed by atoms with Crippen molar-refractivity contribution < 1.29 is 0 Å². The molecule has 0 aliphatic carbocycles. The molecule has 5 nitrogen and oxygen atoms in total. The standard InChI is InChI=1S/C16H18N4OS/c21-16-14-7-2-1-6-13(14)15(19-20-16)18-9-4-8-17-11-12-5-3-10-22-12/h1-3,5-7,10,17H,4,8-9,11H2,(H,18,19)(H,20,21). The number of H-pyrrole nitrogens is 1. The molecule has 3 aromatic rings. The van der Waals surface area contributed by atoms with Crippen LogP contribution < -0.4 is 16.2 Å². The van der Waals surface area contributed by atoms with Gasteiger partial charge in [-0.2, -0.15) is 5.10 Å². The monoisotopic (exact) mass is 314 g/mol. The van der Waals surface area contributed by atoms with Gasteiger partial charge < -0.3 is 10.6 Å². The van der Waals surface area contributed by atoms with E-state index in [-0.39, 0.29) is 5.56 Å². The van der Waals surface area contributed by atoms with Gasteiger partial charge in [-0.25, -0.2) is 5.10 Å². The number of rotatable bonds is 7. The topological polar surface area (TPSA) is 69.8 Å². The Balaban J connectivity index is 1.50. The smallest absolute Gasteiger partial charge is 0.272 e. The first-order chi connectivity index (χ1) is 10.8. The fraction of sp³-hybridized carbons (Fsp3) is 0.250. The van der Waals surface area contributed by atoms with Gasteiger partial charge in [0.1, 0.15) is 0 Å². The molecule has 3 N–H and O–H groups in total. The average molecular weight is 314 g/mol. The largest absolute Gasteiger partial charge is 0.368 e. The Morgan fingerprint density at radius 3 is 2.77 bits per heavy atom. The van der Waals surface area contributed by atoms with E-state index in [1.807, 2.05) is 24.3 Å². The van der Waals surface area contributed by atoms with Gasteiger partial charge in [0, 0.05) is 23.4 Å². The summed E-state index contributed by atoms with van der Waals surface area (Å²) in [6.45, 7) is 2.66. The van der Waals surface area contributed by atoms with Gasteiger partial charge in [0.05, 0.1) is 5.39 Å². The van der Waals surface area contributed by atoms with Gasteiger partial charge in [0.2, 0.25) is 0 Å². The molecule has 0 aliphatic rings. The molecule has 0 bridgehead atoms. The summed E-state index contributed by atoms with van der Waals surface area (Å²) in [6.07, 6.45) is 0.987. The van der Waals surface area contributed by atoms with E-state index in [9.17, 15) is 4.79 Å². The van der Waals surface area contributed by atoms with Crippen LogP contribution in [-0.4, -0.2) is 23.3 Å². The third-order valence-corrected chi connectivity index (χ3v) is 4.27. The zero-order valence-corrected chi connectivity index (χ0v) is 13.0. The Morgan fingerprint density at radius 1 is 1.09 bits per heavy atom. The molecule has 3 rings (SSSR count). The van der Waals surface area contributed by atoms with Crippen LogP contribution in [0.1, 0.15) is 11.3 Å². The van der Waals surface area contributed by atoms with Crippen LogP contribution in [-0.2, 0) is 6.54 Å². The predicted molar refractivity (Wildman–Crippen MR) is 91.5 cm³/mol. The maximum atomic E-state index is 11.7. The van der Waals surface area contributed by atoms with Gasteiger partial charge in [-0.1, -0.05) is 24.3 Å². The van der Waals surface area contributed by atoms with Crippen molar-refractivity contribution in [3.63, 3.8) is 0 Å². The van der Waals surface area contributed by atoms with Crippen molar-refractivity contribution in [2.75, 3.05) is 18.4 Å². The van der Waals surface area contributed by atoms with Crippen LogP contribution in [0, 0.1) is 0 Å². The number of nitrogens with zero attached hydrogens (tertiary/aromatic N) is 1. The molecule has 0 saturated heterocycles. The van der Waals surface area contributed by atoms with Gasteiger partial charge in [0.25, 0.3) is 5.56 Å². The highest BCUT2D eigenvalue weighted by Gasteiger charge is 2.04. The Bertz CT molecular complexity index is 782. The van der Waals surface area contributed by atoms with Crippen molar-refractivity contribution in [2.24, 2.45) is 0 Å². The van der Waals surface area contributed by atoms with E-state index in [0.717, 1.165) is 37.3 Å². The minimum Gasteiger partial charge on any atom is -0.368 e. The first kappa shape index (κ1) is 14.7. The van der Waals surface area contributed by atoms with Crippen molar-refractivity contribution in [3.8, 4) is 0 Å². The Kier molecular flexibility index (Phi) is 4.82. The first-order valence-electron chi connectivity index (χ1n) is 7.29. The normalized spacial score (nSPS) is 10.9. The molecule has 22 heavy (non-hydrogen) atoms. The third kappa shape index (κ3) is 3.52. The number of anilines is 1. The number of thiophene rings is 1. The summed E-state index contributed by atoms with van der Waals surface area (Å²) in [6, 6.07) is 11.7. The van der Waals surface area contributed by atoms with Gasteiger partial charge in [-0.05, 0) is 30.5 Å². The molecule has 0 fully saturated rings. The summed E-state index contributed by atoms with van der Waals surface area (Å²) in [5, 5.41) is 16.9. The van der Waals surface area contributed by atoms with E-state index in [2.05, 4.69) is 38.3 Å². The second kappa shape index (κ2) is 7.20. The highest BCUT2D eigenvalue weighted by Crippen LogP contribution is 2.16. The number of hydrogen-bond acceptors (Lipinski definition) is 5. The second-order valence-corrected chi connectivity index (χ2v) is 6.02. The number of aromatic nitrogens is 2. The lowest BCUT2D eigenvalue weighted by molar-refractivity contribution is 0.668. The van der Waals surface area contributed by atoms with E-state index in [4.69, 9.17) is 0 Å². The van der Waals surface area contributed by atoms with Crippen LogP contribution >= 0.6 is 11.3 Å². The number of hydrogen-bond donors (Lipinski definition) is 3. The summed E-state index contributed by atoms with van der Waals surface area (Å²) in [4.78, 5) is 13.1. The summed E-state index contributed by atoms with van der Waals surface area (Å²) in [5.41, 5.74) is -0.154. The Morgan fingerprint density at radius 2 is 1.95 bits per heavy atom. The van der Waals surface area contributed by atoms with Gasteiger partial charge >= 0.3 is 0 Å². The highest BCUT2D eigenvalue weighted by molar-refractivity contribution is 7.09. The van der Waals surface area contributed by atoms with Crippen LogP contribution in [0.5, 0.6) is 0 Å². The molecule has 2 heterocycles. The zero-order chi connectivity index (χ0) is 15.2. The van der Waals surface area contributed by atoms with Crippen LogP contribution in [0.25, 0.3) is 10.8 Å². The summed E-state index contributed by atoms with van der Waals surface area (Å²) in [7, 11) is 0. The van der Waals surface area contributed by atoms with Crippen LogP contribution in [0.15, 0.2) is 46.6 Å². The molecule has 0 amide bonds. The third-order valence-electron chi connectivity index (χ3n) is 3.40. The molecule has 6 heteroatoms. The van der Waals surface area contributed by atoms with Crippen molar-refractivity contribution >= 4 is 27.9 Å². The molecular weight excluding hydrogens is 296 g/mol. The molecular formula is C16H18N4OS. The fourth-order valence-electron chi connectivity index (χ4n) is 2.29. The fourth-order valence-corrected chi connectivity index (χ4v) is 2.97. The number of fused-ring (bicyclic) bond motifs is 1. The maximum absolute atomic E-state index is 11.7. The van der Waals surface area contributed by atoms with Crippen LogP contribution in [0.3, 0.4) is 0 Å². The molecule has 0 spiro atoms. The quantitative estimate of drug-likeness (QED) is 0.586.